The fourth-order valence-electron chi connectivity index (χ4n) is 4.26. The minimum atomic E-state index is -0.452. The van der Waals surface area contributed by atoms with E-state index in [1.807, 2.05) is 18.2 Å². The number of hydrogen-bond acceptors (Lipinski definition) is 5. The van der Waals surface area contributed by atoms with Gasteiger partial charge >= 0.3 is 5.97 Å². The summed E-state index contributed by atoms with van der Waals surface area (Å²) in [5, 5.41) is 14.3. The third-order valence-corrected chi connectivity index (χ3v) is 5.63. The number of benzene rings is 2. The number of carbonyl (C=O) groups excluding carboxylic acids is 1. The molecule has 0 fully saturated rings. The van der Waals surface area contributed by atoms with Gasteiger partial charge in [-0.1, -0.05) is 29.4 Å². The van der Waals surface area contributed by atoms with Crippen LogP contribution < -0.4 is 4.74 Å². The van der Waals surface area contributed by atoms with Gasteiger partial charge in [0.25, 0.3) is 0 Å². The first-order chi connectivity index (χ1) is 13.6. The van der Waals surface area contributed by atoms with Gasteiger partial charge in [0.15, 0.2) is 11.5 Å². The Kier molecular flexibility index (Phi) is 4.94. The molecule has 28 heavy (non-hydrogen) atoms. The molecular formula is C21H22N4O3. The van der Waals surface area contributed by atoms with Crippen LogP contribution in [0.3, 0.4) is 0 Å². The maximum absolute atomic E-state index is 12.1. The van der Waals surface area contributed by atoms with Crippen LogP contribution in [0.4, 0.5) is 0 Å². The van der Waals surface area contributed by atoms with Gasteiger partial charge in [0.05, 0.1) is 0 Å². The van der Waals surface area contributed by atoms with E-state index in [9.17, 15) is 9.90 Å². The number of ether oxygens (including phenoxy) is 1. The van der Waals surface area contributed by atoms with Crippen molar-refractivity contribution in [2.45, 2.75) is 31.7 Å². The Hall–Kier alpha value is -3.02. The predicted octanol–water partition coefficient (Wildman–Crippen LogP) is 4.14. The Balaban J connectivity index is 1.66. The molecule has 2 aromatic carbocycles. The van der Waals surface area contributed by atoms with Crippen molar-refractivity contribution in [3.8, 4) is 22.6 Å². The summed E-state index contributed by atoms with van der Waals surface area (Å²) in [7, 11) is 2.14. The van der Waals surface area contributed by atoms with Gasteiger partial charge in [0, 0.05) is 36.0 Å². The number of esters is 1. The number of phenolic OH excluding ortho intramolecular Hbond substituents is 1. The van der Waals surface area contributed by atoms with Crippen LogP contribution in [0.2, 0.25) is 0 Å². The molecule has 0 saturated heterocycles. The first kappa shape index (κ1) is 18.3. The Morgan fingerprint density at radius 3 is 3.04 bits per heavy atom. The number of nitrogens with zero attached hydrogens (tertiary/aromatic N) is 4. The Bertz CT molecular complexity index is 982. The molecule has 1 aliphatic carbocycles. The normalized spacial score (nSPS) is 17.2. The lowest BCUT2D eigenvalue weighted by molar-refractivity contribution is -0.134. The minimum absolute atomic E-state index is 0.0148. The highest BCUT2D eigenvalue weighted by Crippen LogP contribution is 2.50. The van der Waals surface area contributed by atoms with Crippen molar-refractivity contribution in [3.05, 3.63) is 57.5 Å². The van der Waals surface area contributed by atoms with Gasteiger partial charge in [-0.15, -0.1) is 0 Å². The molecule has 1 heterocycles. The van der Waals surface area contributed by atoms with E-state index in [0.29, 0.717) is 12.5 Å². The van der Waals surface area contributed by atoms with E-state index in [-0.39, 0.29) is 24.5 Å². The molecule has 1 aliphatic heterocycles. The summed E-state index contributed by atoms with van der Waals surface area (Å²) in [6.45, 7) is 1.26. The van der Waals surface area contributed by atoms with Gasteiger partial charge in [-0.3, -0.25) is 9.69 Å². The van der Waals surface area contributed by atoms with Crippen molar-refractivity contribution in [1.29, 1.82) is 0 Å². The molecular weight excluding hydrogens is 356 g/mol. The fourth-order valence-corrected chi connectivity index (χ4v) is 4.26. The molecule has 0 saturated carbocycles. The van der Waals surface area contributed by atoms with E-state index in [1.54, 1.807) is 6.07 Å². The van der Waals surface area contributed by atoms with Gasteiger partial charge < -0.3 is 9.84 Å². The Labute approximate surface area is 163 Å². The molecule has 2 aromatic rings. The number of azide groups is 1. The summed E-state index contributed by atoms with van der Waals surface area (Å²) in [6.07, 6.45) is 2.36. The molecule has 7 nitrogen and oxygen atoms in total. The van der Waals surface area contributed by atoms with Crippen LogP contribution in [0, 0.1) is 0 Å². The summed E-state index contributed by atoms with van der Waals surface area (Å²) in [5.41, 5.74) is 13.7. The SMILES string of the molecule is CN1CCc2cccc3c2[C@H]1Cc1ccc(OC(=O)CCCN=[N+]=[N-])c(O)c1-3. The number of carbonyl (C=O) groups is 1. The Morgan fingerprint density at radius 2 is 2.21 bits per heavy atom. The quantitative estimate of drug-likeness (QED) is 0.211. The largest absolute Gasteiger partial charge is 0.504 e. The highest BCUT2D eigenvalue weighted by Gasteiger charge is 2.34. The summed E-state index contributed by atoms with van der Waals surface area (Å²) in [4.78, 5) is 17.1. The van der Waals surface area contributed by atoms with Gasteiger partial charge in [-0.05, 0) is 60.2 Å². The molecule has 0 spiro atoms. The standard InChI is InChI=1S/C21H22N4O3/c1-25-11-9-13-4-2-5-15-19(13)16(25)12-14-7-8-17(21(27)20(14)15)28-18(26)6-3-10-23-24-22/h2,4-5,7-8,16,27H,3,6,9-12H2,1H3/t16-/m1/s1. The third-order valence-electron chi connectivity index (χ3n) is 5.63. The molecule has 0 unspecified atom stereocenters. The number of likely N-dealkylation sites (N-methyl/N-ethyl adjacent to an activating group) is 1. The van der Waals surface area contributed by atoms with E-state index in [2.05, 4.69) is 28.0 Å². The third kappa shape index (κ3) is 3.19. The van der Waals surface area contributed by atoms with Crippen LogP contribution in [0.1, 0.15) is 35.6 Å². The number of fused-ring (bicyclic) bond motifs is 2. The van der Waals surface area contributed by atoms with Gasteiger partial charge in [0.2, 0.25) is 0 Å². The molecule has 1 atom stereocenters. The monoisotopic (exact) mass is 378 g/mol. The number of rotatable bonds is 5. The van der Waals surface area contributed by atoms with Gasteiger partial charge in [-0.2, -0.15) is 0 Å². The van der Waals surface area contributed by atoms with Crippen molar-refractivity contribution >= 4 is 5.97 Å². The molecule has 7 heteroatoms. The van der Waals surface area contributed by atoms with Crippen molar-refractivity contribution in [2.24, 2.45) is 5.11 Å². The second-order valence-electron chi connectivity index (χ2n) is 7.31. The highest BCUT2D eigenvalue weighted by atomic mass is 16.5. The van der Waals surface area contributed by atoms with E-state index in [4.69, 9.17) is 10.3 Å². The minimum Gasteiger partial charge on any atom is -0.504 e. The summed E-state index contributed by atoms with van der Waals surface area (Å²) < 4.78 is 5.39. The second kappa shape index (κ2) is 7.54. The molecule has 0 bridgehead atoms. The van der Waals surface area contributed by atoms with Gasteiger partial charge in [0.1, 0.15) is 0 Å². The zero-order valence-electron chi connectivity index (χ0n) is 15.8. The average molecular weight is 378 g/mol. The highest BCUT2D eigenvalue weighted by molar-refractivity contribution is 5.84. The molecule has 0 aromatic heterocycles. The van der Waals surface area contributed by atoms with E-state index in [0.717, 1.165) is 36.1 Å². The van der Waals surface area contributed by atoms with Crippen LogP contribution in [-0.4, -0.2) is 36.1 Å². The molecule has 0 radical (unpaired) electrons. The first-order valence-electron chi connectivity index (χ1n) is 9.49. The summed E-state index contributed by atoms with van der Waals surface area (Å²) in [6, 6.07) is 10.1. The zero-order valence-corrected chi connectivity index (χ0v) is 15.8. The lowest BCUT2D eigenvalue weighted by Crippen LogP contribution is -2.35. The van der Waals surface area contributed by atoms with Crippen LogP contribution in [0.5, 0.6) is 11.5 Å². The average Bonchev–Trinajstić information content (AvgIpc) is 2.70. The first-order valence-corrected chi connectivity index (χ1v) is 9.49. The fraction of sp³-hybridized carbons (Fsp3) is 0.381. The smallest absolute Gasteiger partial charge is 0.311 e. The van der Waals surface area contributed by atoms with E-state index >= 15 is 0 Å². The van der Waals surface area contributed by atoms with E-state index < -0.39 is 5.97 Å². The van der Waals surface area contributed by atoms with Gasteiger partial charge in [-0.25, -0.2) is 0 Å². The zero-order chi connectivity index (χ0) is 19.7. The maximum Gasteiger partial charge on any atom is 0.311 e. The van der Waals surface area contributed by atoms with Crippen molar-refractivity contribution in [2.75, 3.05) is 20.1 Å². The maximum atomic E-state index is 12.1. The van der Waals surface area contributed by atoms with Crippen molar-refractivity contribution in [1.82, 2.24) is 4.90 Å². The van der Waals surface area contributed by atoms with Crippen molar-refractivity contribution < 1.29 is 14.6 Å². The molecule has 1 N–H and O–H groups in total. The predicted molar refractivity (Wildman–Crippen MR) is 105 cm³/mol. The molecule has 0 amide bonds. The second-order valence-corrected chi connectivity index (χ2v) is 7.31. The molecule has 144 valence electrons. The number of aromatic hydroxyl groups is 1. The topological polar surface area (TPSA) is 98.5 Å². The number of phenols is 1. The van der Waals surface area contributed by atoms with Crippen LogP contribution in [-0.2, 0) is 17.6 Å². The lowest BCUT2D eigenvalue weighted by atomic mass is 9.77. The van der Waals surface area contributed by atoms with Crippen LogP contribution >= 0.6 is 0 Å². The summed E-state index contributed by atoms with van der Waals surface area (Å²) in [5.74, 6) is -0.263. The molecule has 2 aliphatic rings. The van der Waals surface area contributed by atoms with Crippen molar-refractivity contribution in [3.63, 3.8) is 0 Å². The lowest BCUT2D eigenvalue weighted by Gasteiger charge is -2.39. The Morgan fingerprint density at radius 1 is 1.36 bits per heavy atom. The van der Waals surface area contributed by atoms with E-state index in [1.165, 1.54) is 11.1 Å². The van der Waals surface area contributed by atoms with Crippen LogP contribution in [0.25, 0.3) is 21.6 Å². The summed E-state index contributed by atoms with van der Waals surface area (Å²) >= 11 is 0. The molecule has 4 rings (SSSR count). The van der Waals surface area contributed by atoms with Crippen LogP contribution in [0.15, 0.2) is 35.4 Å². The number of hydrogen-bond donors (Lipinski definition) is 1.